The van der Waals surface area contributed by atoms with Crippen molar-refractivity contribution in [2.24, 2.45) is 0 Å². The number of hydrogen-bond acceptors (Lipinski definition) is 3. The van der Waals surface area contributed by atoms with Crippen LogP contribution in [0, 0.1) is 0 Å². The molecule has 2 N–H and O–H groups in total. The fourth-order valence-electron chi connectivity index (χ4n) is 2.63. The molecule has 0 saturated heterocycles. The lowest BCUT2D eigenvalue weighted by Crippen LogP contribution is -2.31. The van der Waals surface area contributed by atoms with Crippen LogP contribution in [0.1, 0.15) is 65.2 Å². The normalized spacial score (nSPS) is 38.1. The average molecular weight is 244 g/mol. The monoisotopic (exact) mass is 244 g/mol. The lowest BCUT2D eigenvalue weighted by Gasteiger charge is -2.32. The first-order chi connectivity index (χ1) is 8.24. The minimum atomic E-state index is -0.0990. The van der Waals surface area contributed by atoms with Crippen molar-refractivity contribution in [1.29, 1.82) is 0 Å². The molecule has 0 atom stereocenters. The van der Waals surface area contributed by atoms with Gasteiger partial charge in [0.2, 0.25) is 0 Å². The lowest BCUT2D eigenvalue weighted by atomic mass is 9.92. The van der Waals surface area contributed by atoms with Crippen molar-refractivity contribution in [3.8, 4) is 0 Å². The molecule has 0 radical (unpaired) electrons. The Morgan fingerprint density at radius 3 is 1.24 bits per heavy atom. The van der Waals surface area contributed by atoms with E-state index in [2.05, 4.69) is 0 Å². The fourth-order valence-corrected chi connectivity index (χ4v) is 2.63. The first kappa shape index (κ1) is 14.9. The molecular weight excluding hydrogens is 216 g/mol. The van der Waals surface area contributed by atoms with Crippen molar-refractivity contribution in [2.45, 2.75) is 89.6 Å². The van der Waals surface area contributed by atoms with E-state index >= 15 is 0 Å². The van der Waals surface area contributed by atoms with E-state index in [1.165, 1.54) is 0 Å². The first-order valence-corrected chi connectivity index (χ1v) is 7.25. The van der Waals surface area contributed by atoms with Gasteiger partial charge in [0.25, 0.3) is 0 Å². The zero-order chi connectivity index (χ0) is 12.7. The zero-order valence-corrected chi connectivity index (χ0v) is 11.3. The molecule has 0 aromatic heterocycles. The summed E-state index contributed by atoms with van der Waals surface area (Å²) in [5.41, 5.74) is 0. The average Bonchev–Trinajstić information content (AvgIpc) is 2.37. The molecule has 2 rings (SSSR count). The predicted molar refractivity (Wildman–Crippen MR) is 69.0 cm³/mol. The van der Waals surface area contributed by atoms with Crippen LogP contribution in [0.3, 0.4) is 0 Å². The van der Waals surface area contributed by atoms with Crippen LogP contribution in [-0.2, 0) is 4.74 Å². The summed E-state index contributed by atoms with van der Waals surface area (Å²) in [6.07, 6.45) is 8.07. The predicted octanol–water partition coefficient (Wildman–Crippen LogP) is 2.64. The molecule has 0 unspecified atom stereocenters. The van der Waals surface area contributed by atoms with E-state index in [4.69, 9.17) is 4.74 Å². The standard InChI is InChI=1S/C12H22O3.C2H6/c13-9-1-5-11(6-2-9)15-12-7-3-10(14)4-8-12;1-2/h9-14H,1-8H2;1-2H3. The molecule has 0 aliphatic heterocycles. The molecule has 102 valence electrons. The van der Waals surface area contributed by atoms with Gasteiger partial charge in [-0.15, -0.1) is 0 Å². The Hall–Kier alpha value is -0.120. The van der Waals surface area contributed by atoms with Gasteiger partial charge in [0.15, 0.2) is 0 Å². The van der Waals surface area contributed by atoms with Gasteiger partial charge < -0.3 is 14.9 Å². The molecular formula is C14H28O3. The Morgan fingerprint density at radius 1 is 0.647 bits per heavy atom. The number of rotatable bonds is 2. The maximum Gasteiger partial charge on any atom is 0.0580 e. The third kappa shape index (κ3) is 5.36. The molecule has 3 heteroatoms. The van der Waals surface area contributed by atoms with Gasteiger partial charge in [-0.2, -0.15) is 0 Å². The van der Waals surface area contributed by atoms with E-state index in [1.807, 2.05) is 13.8 Å². The summed E-state index contributed by atoms with van der Waals surface area (Å²) in [5, 5.41) is 18.8. The quantitative estimate of drug-likeness (QED) is 0.785. The maximum absolute atomic E-state index is 9.38. The van der Waals surface area contributed by atoms with E-state index in [0.29, 0.717) is 12.2 Å². The Labute approximate surface area is 105 Å². The van der Waals surface area contributed by atoms with E-state index in [9.17, 15) is 10.2 Å². The van der Waals surface area contributed by atoms with Crippen molar-refractivity contribution in [3.05, 3.63) is 0 Å². The number of aliphatic hydroxyl groups is 2. The molecule has 0 spiro atoms. The minimum absolute atomic E-state index is 0.0990. The van der Waals surface area contributed by atoms with Gasteiger partial charge in [-0.1, -0.05) is 13.8 Å². The highest BCUT2D eigenvalue weighted by molar-refractivity contribution is 4.76. The summed E-state index contributed by atoms with van der Waals surface area (Å²) in [7, 11) is 0. The van der Waals surface area contributed by atoms with Crippen molar-refractivity contribution in [1.82, 2.24) is 0 Å². The van der Waals surface area contributed by atoms with Crippen molar-refractivity contribution >= 4 is 0 Å². The van der Waals surface area contributed by atoms with E-state index in [-0.39, 0.29) is 12.2 Å². The molecule has 0 aromatic carbocycles. The number of ether oxygens (including phenoxy) is 1. The number of hydrogen-bond donors (Lipinski definition) is 2. The largest absolute Gasteiger partial charge is 0.393 e. The van der Waals surface area contributed by atoms with Gasteiger partial charge in [-0.3, -0.25) is 0 Å². The van der Waals surface area contributed by atoms with Gasteiger partial charge in [0.1, 0.15) is 0 Å². The Kier molecular flexibility index (Phi) is 7.09. The second-order valence-corrected chi connectivity index (χ2v) is 5.00. The third-order valence-electron chi connectivity index (χ3n) is 3.67. The van der Waals surface area contributed by atoms with Crippen LogP contribution < -0.4 is 0 Å². The molecule has 2 aliphatic rings. The van der Waals surface area contributed by atoms with Gasteiger partial charge in [-0.25, -0.2) is 0 Å². The van der Waals surface area contributed by atoms with E-state index in [1.54, 1.807) is 0 Å². The van der Waals surface area contributed by atoms with Crippen LogP contribution in [0.2, 0.25) is 0 Å². The van der Waals surface area contributed by atoms with Crippen LogP contribution in [-0.4, -0.2) is 34.6 Å². The Balaban J connectivity index is 0.000000686. The van der Waals surface area contributed by atoms with Gasteiger partial charge >= 0.3 is 0 Å². The SMILES string of the molecule is CC.OC1CCC(OC2CCC(O)CC2)CC1. The van der Waals surface area contributed by atoms with Crippen molar-refractivity contribution in [2.75, 3.05) is 0 Å². The molecule has 3 nitrogen and oxygen atoms in total. The summed E-state index contributed by atoms with van der Waals surface area (Å²) in [6, 6.07) is 0. The molecule has 0 aromatic rings. The molecule has 2 fully saturated rings. The lowest BCUT2D eigenvalue weighted by molar-refractivity contribution is -0.0720. The molecule has 0 bridgehead atoms. The summed E-state index contributed by atoms with van der Waals surface area (Å²) < 4.78 is 6.01. The van der Waals surface area contributed by atoms with Gasteiger partial charge in [0.05, 0.1) is 24.4 Å². The van der Waals surface area contributed by atoms with Crippen LogP contribution in [0.15, 0.2) is 0 Å². The molecule has 2 aliphatic carbocycles. The zero-order valence-electron chi connectivity index (χ0n) is 11.3. The highest BCUT2D eigenvalue weighted by Gasteiger charge is 2.25. The first-order valence-electron chi connectivity index (χ1n) is 7.25. The van der Waals surface area contributed by atoms with Crippen LogP contribution in [0.4, 0.5) is 0 Å². The smallest absolute Gasteiger partial charge is 0.0580 e. The van der Waals surface area contributed by atoms with Crippen molar-refractivity contribution < 1.29 is 14.9 Å². The summed E-state index contributed by atoms with van der Waals surface area (Å²) in [6.45, 7) is 4.00. The topological polar surface area (TPSA) is 49.7 Å². The van der Waals surface area contributed by atoms with Gasteiger partial charge in [0, 0.05) is 0 Å². The minimum Gasteiger partial charge on any atom is -0.393 e. The Bertz CT molecular complexity index is 160. The van der Waals surface area contributed by atoms with E-state index < -0.39 is 0 Å². The third-order valence-corrected chi connectivity index (χ3v) is 3.67. The van der Waals surface area contributed by atoms with Crippen molar-refractivity contribution in [3.63, 3.8) is 0 Å². The van der Waals surface area contributed by atoms with Gasteiger partial charge in [-0.05, 0) is 51.4 Å². The van der Waals surface area contributed by atoms with Crippen LogP contribution in [0.25, 0.3) is 0 Å². The molecule has 0 heterocycles. The Morgan fingerprint density at radius 2 is 0.941 bits per heavy atom. The summed E-state index contributed by atoms with van der Waals surface area (Å²) in [4.78, 5) is 0. The molecule has 2 saturated carbocycles. The highest BCUT2D eigenvalue weighted by atomic mass is 16.5. The van der Waals surface area contributed by atoms with Crippen LogP contribution in [0.5, 0.6) is 0 Å². The maximum atomic E-state index is 9.38. The molecule has 17 heavy (non-hydrogen) atoms. The van der Waals surface area contributed by atoms with Crippen LogP contribution >= 0.6 is 0 Å². The van der Waals surface area contributed by atoms with E-state index in [0.717, 1.165) is 51.4 Å². The summed E-state index contributed by atoms with van der Waals surface area (Å²) in [5.74, 6) is 0. The fraction of sp³-hybridized carbons (Fsp3) is 1.00. The summed E-state index contributed by atoms with van der Waals surface area (Å²) >= 11 is 0. The molecule has 0 amide bonds. The second-order valence-electron chi connectivity index (χ2n) is 5.00. The number of aliphatic hydroxyl groups excluding tert-OH is 2. The highest BCUT2D eigenvalue weighted by Crippen LogP contribution is 2.27. The second kappa shape index (κ2) is 8.06.